The standard InChI is InChI=1S/C12H25Br.C3H9N.Na.H/c1-2-3-4-5-6-7-8-9-10-11-12-13;1-4(2)3;;/h2-12H2,1H3;1-3H3;;. The molecule has 0 aliphatic rings. The average Bonchev–Trinajstić information content (AvgIpc) is 2.26. The van der Waals surface area contributed by atoms with Crippen molar-refractivity contribution in [3.8, 4) is 0 Å². The van der Waals surface area contributed by atoms with Crippen molar-refractivity contribution in [2.45, 2.75) is 71.1 Å². The Balaban J connectivity index is -0.000000392. The van der Waals surface area contributed by atoms with Gasteiger partial charge in [0.25, 0.3) is 0 Å². The average molecular weight is 332 g/mol. The molecule has 0 aromatic heterocycles. The molecule has 0 heterocycles. The zero-order valence-corrected chi connectivity index (χ0v) is 14.2. The number of hydrogen-bond acceptors (Lipinski definition) is 1. The fourth-order valence-electron chi connectivity index (χ4n) is 1.58. The summed E-state index contributed by atoms with van der Waals surface area (Å²) in [7, 11) is 6.00. The van der Waals surface area contributed by atoms with Gasteiger partial charge in [-0.05, 0) is 27.6 Å². The molecular formula is C15H35BrNNa. The van der Waals surface area contributed by atoms with E-state index in [4.69, 9.17) is 0 Å². The number of alkyl halides is 1. The fourth-order valence-corrected chi connectivity index (χ4v) is 1.98. The van der Waals surface area contributed by atoms with Gasteiger partial charge in [-0.25, -0.2) is 0 Å². The molecule has 0 aromatic carbocycles. The molecule has 0 saturated carbocycles. The molecule has 108 valence electrons. The Morgan fingerprint density at radius 3 is 1.22 bits per heavy atom. The van der Waals surface area contributed by atoms with Gasteiger partial charge in [0.1, 0.15) is 0 Å². The fraction of sp³-hybridized carbons (Fsp3) is 1.00. The molecule has 0 radical (unpaired) electrons. The van der Waals surface area contributed by atoms with Gasteiger partial charge in [0, 0.05) is 5.33 Å². The summed E-state index contributed by atoms with van der Waals surface area (Å²) in [6.07, 6.45) is 14.3. The number of unbranched alkanes of at least 4 members (excludes halogenated alkanes) is 9. The number of halogens is 1. The zero-order valence-electron chi connectivity index (χ0n) is 12.6. The topological polar surface area (TPSA) is 3.24 Å². The molecule has 0 unspecified atom stereocenters. The molecule has 18 heavy (non-hydrogen) atoms. The second kappa shape index (κ2) is 23.5. The normalized spacial score (nSPS) is 9.67. The van der Waals surface area contributed by atoms with E-state index >= 15 is 0 Å². The van der Waals surface area contributed by atoms with Gasteiger partial charge in [0.2, 0.25) is 0 Å². The summed E-state index contributed by atoms with van der Waals surface area (Å²) in [5.41, 5.74) is 0. The Morgan fingerprint density at radius 2 is 0.944 bits per heavy atom. The van der Waals surface area contributed by atoms with E-state index in [1.807, 2.05) is 26.0 Å². The van der Waals surface area contributed by atoms with Crippen molar-refractivity contribution in [1.29, 1.82) is 0 Å². The third-order valence-electron chi connectivity index (χ3n) is 2.49. The molecule has 0 atom stereocenters. The van der Waals surface area contributed by atoms with Crippen molar-refractivity contribution in [2.24, 2.45) is 0 Å². The van der Waals surface area contributed by atoms with Gasteiger partial charge in [-0.15, -0.1) is 0 Å². The van der Waals surface area contributed by atoms with Gasteiger partial charge in [-0.3, -0.25) is 0 Å². The van der Waals surface area contributed by atoms with Crippen LogP contribution in [-0.2, 0) is 0 Å². The van der Waals surface area contributed by atoms with Crippen molar-refractivity contribution in [1.82, 2.24) is 4.90 Å². The van der Waals surface area contributed by atoms with E-state index in [1.165, 1.54) is 69.5 Å². The van der Waals surface area contributed by atoms with Gasteiger partial charge in [0.15, 0.2) is 0 Å². The maximum atomic E-state index is 3.46. The van der Waals surface area contributed by atoms with Crippen molar-refractivity contribution < 1.29 is 0 Å². The Hall–Kier alpha value is 1.44. The van der Waals surface area contributed by atoms with Crippen LogP contribution in [0.1, 0.15) is 71.1 Å². The van der Waals surface area contributed by atoms with Crippen LogP contribution in [0.15, 0.2) is 0 Å². The van der Waals surface area contributed by atoms with Crippen LogP contribution in [0.25, 0.3) is 0 Å². The molecule has 0 aliphatic carbocycles. The van der Waals surface area contributed by atoms with Crippen LogP contribution in [0.2, 0.25) is 0 Å². The van der Waals surface area contributed by atoms with Crippen molar-refractivity contribution in [3.63, 3.8) is 0 Å². The molecule has 3 heteroatoms. The van der Waals surface area contributed by atoms with E-state index in [9.17, 15) is 0 Å². The van der Waals surface area contributed by atoms with Crippen LogP contribution >= 0.6 is 15.9 Å². The number of hydrogen-bond donors (Lipinski definition) is 0. The van der Waals surface area contributed by atoms with Crippen LogP contribution < -0.4 is 0 Å². The first-order valence-electron chi connectivity index (χ1n) is 7.32. The van der Waals surface area contributed by atoms with Gasteiger partial charge in [-0.2, -0.15) is 0 Å². The van der Waals surface area contributed by atoms with Gasteiger partial charge in [0.05, 0.1) is 0 Å². The molecule has 0 N–H and O–H groups in total. The summed E-state index contributed by atoms with van der Waals surface area (Å²) in [5.74, 6) is 0. The van der Waals surface area contributed by atoms with E-state index in [-0.39, 0.29) is 29.6 Å². The molecule has 0 aromatic rings. The van der Waals surface area contributed by atoms with Crippen LogP contribution in [-0.4, -0.2) is 60.9 Å². The summed E-state index contributed by atoms with van der Waals surface area (Å²) < 4.78 is 0. The van der Waals surface area contributed by atoms with Gasteiger partial charge < -0.3 is 4.90 Å². The molecule has 0 aliphatic heterocycles. The SMILES string of the molecule is CCCCCCCCCCCCBr.CN(C)C.[NaH]. The summed E-state index contributed by atoms with van der Waals surface area (Å²) in [5, 5.41) is 1.18. The molecule has 0 saturated heterocycles. The summed E-state index contributed by atoms with van der Waals surface area (Å²) in [4.78, 5) is 2.00. The summed E-state index contributed by atoms with van der Waals surface area (Å²) in [6, 6.07) is 0. The second-order valence-corrected chi connectivity index (χ2v) is 6.01. The Bertz CT molecular complexity index is 108. The molecule has 0 bridgehead atoms. The maximum absolute atomic E-state index is 3.46. The quantitative estimate of drug-likeness (QED) is 0.315. The third kappa shape index (κ3) is 36.0. The first-order chi connectivity index (χ1) is 8.15. The molecule has 0 amide bonds. The zero-order chi connectivity index (χ0) is 13.4. The minimum atomic E-state index is 0. The second-order valence-electron chi connectivity index (χ2n) is 5.21. The monoisotopic (exact) mass is 331 g/mol. The molecule has 0 spiro atoms. The number of nitrogens with zero attached hydrogens (tertiary/aromatic N) is 1. The van der Waals surface area contributed by atoms with Crippen molar-refractivity contribution >= 4 is 45.5 Å². The van der Waals surface area contributed by atoms with Crippen LogP contribution in [0.5, 0.6) is 0 Å². The predicted molar refractivity (Wildman–Crippen MR) is 92.4 cm³/mol. The first-order valence-corrected chi connectivity index (χ1v) is 8.44. The van der Waals surface area contributed by atoms with Crippen molar-refractivity contribution in [2.75, 3.05) is 26.5 Å². The van der Waals surface area contributed by atoms with E-state index in [1.54, 1.807) is 0 Å². The van der Waals surface area contributed by atoms with Gasteiger partial charge >= 0.3 is 29.6 Å². The minimum absolute atomic E-state index is 0. The molecule has 0 fully saturated rings. The molecule has 1 nitrogen and oxygen atoms in total. The predicted octanol–water partition coefficient (Wildman–Crippen LogP) is 4.83. The molecule has 0 rings (SSSR count). The summed E-state index contributed by atoms with van der Waals surface area (Å²) in [6.45, 7) is 2.28. The van der Waals surface area contributed by atoms with E-state index in [0.29, 0.717) is 0 Å². The Morgan fingerprint density at radius 1 is 0.667 bits per heavy atom. The molecular weight excluding hydrogens is 297 g/mol. The Kier molecular flexibility index (Phi) is 32.0. The van der Waals surface area contributed by atoms with Crippen LogP contribution in [0, 0.1) is 0 Å². The van der Waals surface area contributed by atoms with Gasteiger partial charge in [-0.1, -0.05) is 80.6 Å². The van der Waals surface area contributed by atoms with Crippen molar-refractivity contribution in [3.05, 3.63) is 0 Å². The number of rotatable bonds is 10. The van der Waals surface area contributed by atoms with Crippen LogP contribution in [0.3, 0.4) is 0 Å². The first kappa shape index (κ1) is 24.5. The van der Waals surface area contributed by atoms with E-state index in [2.05, 4.69) is 22.9 Å². The van der Waals surface area contributed by atoms with Crippen LogP contribution in [0.4, 0.5) is 0 Å². The van der Waals surface area contributed by atoms with E-state index < -0.39 is 0 Å². The Labute approximate surface area is 147 Å². The van der Waals surface area contributed by atoms with E-state index in [0.717, 1.165) is 0 Å². The third-order valence-corrected chi connectivity index (χ3v) is 3.05. The summed E-state index contributed by atoms with van der Waals surface area (Å²) >= 11 is 3.46.